The molecule has 1 N–H and O–H groups in total. The highest BCUT2D eigenvalue weighted by molar-refractivity contribution is 5.91. The molecule has 0 fully saturated rings. The van der Waals surface area contributed by atoms with E-state index in [0.717, 1.165) is 42.0 Å². The fraction of sp³-hybridized carbons (Fsp3) is 0.200. The third kappa shape index (κ3) is 4.72. The van der Waals surface area contributed by atoms with Gasteiger partial charge in [-0.25, -0.2) is 4.98 Å². The number of fused-ring (bicyclic) bond motifs is 1. The highest BCUT2D eigenvalue weighted by Gasteiger charge is 2.15. The summed E-state index contributed by atoms with van der Waals surface area (Å²) in [6, 6.07) is 24.5. The predicted molar refractivity (Wildman–Crippen MR) is 117 cm³/mol. The van der Waals surface area contributed by atoms with Crippen LogP contribution < -0.4 is 5.32 Å². The summed E-state index contributed by atoms with van der Waals surface area (Å²) in [5.74, 6) is 0.797. The number of amides is 1. The lowest BCUT2D eigenvalue weighted by molar-refractivity contribution is -0.116. The minimum absolute atomic E-state index is 0.0113. The van der Waals surface area contributed by atoms with Gasteiger partial charge in [-0.15, -0.1) is 0 Å². The molecule has 146 valence electrons. The molecule has 0 spiro atoms. The molecule has 4 aromatic rings. The molecular weight excluding hydrogens is 358 g/mol. The average molecular weight is 383 g/mol. The minimum atomic E-state index is 0.0113. The van der Waals surface area contributed by atoms with E-state index >= 15 is 0 Å². The van der Waals surface area contributed by atoms with Gasteiger partial charge in [-0.05, 0) is 55.0 Å². The molecule has 0 radical (unpaired) electrons. The molecule has 0 saturated heterocycles. The van der Waals surface area contributed by atoms with E-state index in [2.05, 4.69) is 48.6 Å². The van der Waals surface area contributed by atoms with Crippen LogP contribution in [0.5, 0.6) is 0 Å². The SMILES string of the molecule is Cc1ccn2c(NC(=O)CCc3ccccc3)c(CCc3ccccc3)nc2c1. The molecule has 0 bridgehead atoms. The van der Waals surface area contributed by atoms with Crippen molar-refractivity contribution >= 4 is 17.4 Å². The fourth-order valence-electron chi connectivity index (χ4n) is 3.51. The largest absolute Gasteiger partial charge is 0.310 e. The van der Waals surface area contributed by atoms with E-state index in [9.17, 15) is 4.79 Å². The molecule has 2 aromatic carbocycles. The van der Waals surface area contributed by atoms with Gasteiger partial charge in [-0.1, -0.05) is 60.7 Å². The average Bonchev–Trinajstić information content (AvgIpc) is 3.08. The number of nitrogens with one attached hydrogen (secondary N) is 1. The number of anilines is 1. The molecule has 0 unspecified atom stereocenters. The van der Waals surface area contributed by atoms with E-state index in [-0.39, 0.29) is 5.91 Å². The van der Waals surface area contributed by atoms with Crippen LogP contribution in [-0.2, 0) is 24.1 Å². The van der Waals surface area contributed by atoms with Crippen LogP contribution in [0.3, 0.4) is 0 Å². The van der Waals surface area contributed by atoms with Crippen molar-refractivity contribution in [3.8, 4) is 0 Å². The van der Waals surface area contributed by atoms with Crippen LogP contribution in [-0.4, -0.2) is 15.3 Å². The quantitative estimate of drug-likeness (QED) is 0.488. The van der Waals surface area contributed by atoms with Gasteiger partial charge in [0.2, 0.25) is 5.91 Å². The standard InChI is InChI=1S/C25H25N3O/c1-19-16-17-28-23(18-19)26-22(14-12-20-8-4-2-5-9-20)25(28)27-24(29)15-13-21-10-6-3-7-11-21/h2-11,16-18H,12-15H2,1H3,(H,27,29). The van der Waals surface area contributed by atoms with Crippen LogP contribution in [0.4, 0.5) is 5.82 Å². The van der Waals surface area contributed by atoms with Crippen molar-refractivity contribution in [2.75, 3.05) is 5.32 Å². The maximum atomic E-state index is 12.7. The van der Waals surface area contributed by atoms with E-state index in [1.54, 1.807) is 0 Å². The van der Waals surface area contributed by atoms with E-state index in [4.69, 9.17) is 4.98 Å². The van der Waals surface area contributed by atoms with E-state index in [1.165, 1.54) is 11.1 Å². The number of nitrogens with zero attached hydrogens (tertiary/aromatic N) is 2. The lowest BCUT2D eigenvalue weighted by Gasteiger charge is -2.08. The summed E-state index contributed by atoms with van der Waals surface area (Å²) in [6.45, 7) is 2.05. The number of hydrogen-bond acceptors (Lipinski definition) is 2. The first-order valence-electron chi connectivity index (χ1n) is 10.0. The summed E-state index contributed by atoms with van der Waals surface area (Å²) in [5, 5.41) is 3.12. The molecule has 4 nitrogen and oxygen atoms in total. The fourth-order valence-corrected chi connectivity index (χ4v) is 3.51. The van der Waals surface area contributed by atoms with Crippen molar-refractivity contribution in [1.29, 1.82) is 0 Å². The normalized spacial score (nSPS) is 10.9. The van der Waals surface area contributed by atoms with Gasteiger partial charge in [0.15, 0.2) is 0 Å². The van der Waals surface area contributed by atoms with Crippen molar-refractivity contribution in [3.05, 3.63) is 101 Å². The molecule has 0 aliphatic carbocycles. The van der Waals surface area contributed by atoms with E-state index in [0.29, 0.717) is 6.42 Å². The van der Waals surface area contributed by atoms with Gasteiger partial charge in [0.1, 0.15) is 11.5 Å². The van der Waals surface area contributed by atoms with Crippen molar-refractivity contribution in [1.82, 2.24) is 9.38 Å². The van der Waals surface area contributed by atoms with Gasteiger partial charge >= 0.3 is 0 Å². The number of aryl methyl sites for hydroxylation is 4. The van der Waals surface area contributed by atoms with Gasteiger partial charge < -0.3 is 5.32 Å². The monoisotopic (exact) mass is 383 g/mol. The Hall–Kier alpha value is -3.40. The zero-order chi connectivity index (χ0) is 20.1. The molecule has 1 amide bonds. The Kier molecular flexibility index (Phi) is 5.71. The van der Waals surface area contributed by atoms with E-state index in [1.807, 2.05) is 47.0 Å². The van der Waals surface area contributed by atoms with Gasteiger partial charge in [-0.2, -0.15) is 0 Å². The predicted octanol–water partition coefficient (Wildman–Crippen LogP) is 5.00. The maximum Gasteiger partial charge on any atom is 0.225 e. The zero-order valence-electron chi connectivity index (χ0n) is 16.6. The van der Waals surface area contributed by atoms with Crippen LogP contribution in [0.1, 0.15) is 28.8 Å². The molecule has 4 rings (SSSR count). The van der Waals surface area contributed by atoms with Gasteiger partial charge in [-0.3, -0.25) is 9.20 Å². The Bertz CT molecular complexity index is 1100. The Morgan fingerprint density at radius 3 is 2.24 bits per heavy atom. The molecule has 4 heteroatoms. The van der Waals surface area contributed by atoms with Crippen LogP contribution >= 0.6 is 0 Å². The zero-order valence-corrected chi connectivity index (χ0v) is 16.6. The number of aromatic nitrogens is 2. The first kappa shape index (κ1) is 18.9. The Balaban J connectivity index is 1.53. The number of pyridine rings is 1. The van der Waals surface area contributed by atoms with Crippen LogP contribution in [0.2, 0.25) is 0 Å². The lowest BCUT2D eigenvalue weighted by atomic mass is 10.1. The third-order valence-corrected chi connectivity index (χ3v) is 5.09. The summed E-state index contributed by atoms with van der Waals surface area (Å²) in [5.41, 5.74) is 5.38. The number of rotatable bonds is 7. The first-order valence-corrected chi connectivity index (χ1v) is 10.0. The Morgan fingerprint density at radius 2 is 1.55 bits per heavy atom. The maximum absolute atomic E-state index is 12.7. The van der Waals surface area contributed by atoms with Crippen LogP contribution in [0, 0.1) is 6.92 Å². The second kappa shape index (κ2) is 8.74. The van der Waals surface area contributed by atoms with Gasteiger partial charge in [0.05, 0.1) is 5.69 Å². The van der Waals surface area contributed by atoms with Crippen molar-refractivity contribution < 1.29 is 4.79 Å². The minimum Gasteiger partial charge on any atom is -0.310 e. The Labute approximate surface area is 171 Å². The lowest BCUT2D eigenvalue weighted by Crippen LogP contribution is -2.15. The Morgan fingerprint density at radius 1 is 0.897 bits per heavy atom. The molecule has 2 heterocycles. The number of benzene rings is 2. The van der Waals surface area contributed by atoms with Crippen LogP contribution in [0.25, 0.3) is 5.65 Å². The second-order valence-corrected chi connectivity index (χ2v) is 7.36. The van der Waals surface area contributed by atoms with E-state index < -0.39 is 0 Å². The first-order chi connectivity index (χ1) is 14.2. The summed E-state index contributed by atoms with van der Waals surface area (Å²) in [4.78, 5) is 17.5. The molecule has 0 atom stereocenters. The second-order valence-electron chi connectivity index (χ2n) is 7.36. The van der Waals surface area contributed by atoms with Gasteiger partial charge in [0, 0.05) is 12.6 Å². The molecular formula is C25H25N3O. The third-order valence-electron chi connectivity index (χ3n) is 5.09. The molecule has 2 aromatic heterocycles. The topological polar surface area (TPSA) is 46.4 Å². The molecule has 29 heavy (non-hydrogen) atoms. The van der Waals surface area contributed by atoms with Crippen molar-refractivity contribution in [2.24, 2.45) is 0 Å². The number of hydrogen-bond donors (Lipinski definition) is 1. The summed E-state index contributed by atoms with van der Waals surface area (Å²) in [6.07, 6.45) is 4.81. The van der Waals surface area contributed by atoms with Crippen LogP contribution in [0.15, 0.2) is 79.0 Å². The number of carbonyl (C=O) groups excluding carboxylic acids is 1. The summed E-state index contributed by atoms with van der Waals surface area (Å²) >= 11 is 0. The highest BCUT2D eigenvalue weighted by Crippen LogP contribution is 2.21. The molecule has 0 aliphatic rings. The number of carbonyl (C=O) groups is 1. The van der Waals surface area contributed by atoms with Crippen molar-refractivity contribution in [3.63, 3.8) is 0 Å². The number of imidazole rings is 1. The highest BCUT2D eigenvalue weighted by atomic mass is 16.1. The smallest absolute Gasteiger partial charge is 0.225 e. The molecule has 0 saturated carbocycles. The summed E-state index contributed by atoms with van der Waals surface area (Å²) < 4.78 is 1.98. The summed E-state index contributed by atoms with van der Waals surface area (Å²) in [7, 11) is 0. The van der Waals surface area contributed by atoms with Crippen molar-refractivity contribution in [2.45, 2.75) is 32.6 Å². The molecule has 0 aliphatic heterocycles. The van der Waals surface area contributed by atoms with Gasteiger partial charge in [0.25, 0.3) is 0 Å².